The maximum atomic E-state index is 12.0. The average molecular weight is 232 g/mol. The topological polar surface area (TPSA) is 38.3 Å². The van der Waals surface area contributed by atoms with Gasteiger partial charge in [0, 0.05) is 12.5 Å². The minimum atomic E-state index is -0.0838. The summed E-state index contributed by atoms with van der Waals surface area (Å²) in [6.45, 7) is 2.77. The minimum absolute atomic E-state index is 0.0377. The van der Waals surface area contributed by atoms with Crippen LogP contribution in [-0.2, 0) is 9.53 Å². The summed E-state index contributed by atoms with van der Waals surface area (Å²) in [5.74, 6) is 0.705. The van der Waals surface area contributed by atoms with Gasteiger partial charge in [-0.1, -0.05) is 6.92 Å². The number of rotatable bonds is 4. The van der Waals surface area contributed by atoms with E-state index in [9.17, 15) is 4.79 Å². The van der Waals surface area contributed by atoms with Crippen LogP contribution in [0.15, 0.2) is 0 Å². The van der Waals surface area contributed by atoms with E-state index in [1.165, 1.54) is 0 Å². The molecule has 4 heteroatoms. The summed E-state index contributed by atoms with van der Waals surface area (Å²) in [5, 5.41) is 3.07. The second-order valence-electron chi connectivity index (χ2n) is 4.62. The molecule has 86 valence electrons. The van der Waals surface area contributed by atoms with E-state index in [0.29, 0.717) is 12.5 Å². The Labute approximate surface area is 95.5 Å². The van der Waals surface area contributed by atoms with Crippen molar-refractivity contribution < 1.29 is 9.53 Å². The fourth-order valence-corrected chi connectivity index (χ4v) is 2.48. The molecule has 1 heterocycles. The highest BCUT2D eigenvalue weighted by Crippen LogP contribution is 2.37. The molecule has 0 bridgehead atoms. The zero-order valence-corrected chi connectivity index (χ0v) is 9.85. The number of halogens is 1. The Morgan fingerprint density at radius 2 is 2.33 bits per heavy atom. The SMILES string of the molecule is CCC1OCCC1C(=O)NC1(CCl)CC1. The lowest BCUT2D eigenvalue weighted by Crippen LogP contribution is -2.43. The second-order valence-corrected chi connectivity index (χ2v) is 4.88. The van der Waals surface area contributed by atoms with E-state index in [4.69, 9.17) is 16.3 Å². The van der Waals surface area contributed by atoms with Gasteiger partial charge in [0.1, 0.15) is 0 Å². The first-order valence-corrected chi connectivity index (χ1v) is 6.24. The van der Waals surface area contributed by atoms with Crippen LogP contribution in [0, 0.1) is 5.92 Å². The van der Waals surface area contributed by atoms with Gasteiger partial charge in [0.15, 0.2) is 0 Å². The lowest BCUT2D eigenvalue weighted by atomic mass is 9.98. The summed E-state index contributed by atoms with van der Waals surface area (Å²) in [5.41, 5.74) is -0.0838. The maximum Gasteiger partial charge on any atom is 0.226 e. The highest BCUT2D eigenvalue weighted by molar-refractivity contribution is 6.19. The Hall–Kier alpha value is -0.280. The van der Waals surface area contributed by atoms with Gasteiger partial charge in [-0.15, -0.1) is 11.6 Å². The summed E-state index contributed by atoms with van der Waals surface area (Å²) in [7, 11) is 0. The quantitative estimate of drug-likeness (QED) is 0.748. The molecular formula is C11H18ClNO2. The summed E-state index contributed by atoms with van der Waals surface area (Å²) in [4.78, 5) is 12.0. The van der Waals surface area contributed by atoms with Crippen LogP contribution >= 0.6 is 11.6 Å². The third-order valence-corrected chi connectivity index (χ3v) is 3.96. The standard InChI is InChI=1S/C11H18ClNO2/c1-2-9-8(3-6-15-9)10(14)13-11(7-12)4-5-11/h8-9H,2-7H2,1H3,(H,13,14). The Kier molecular flexibility index (Phi) is 3.21. The predicted molar refractivity (Wildman–Crippen MR) is 59.0 cm³/mol. The van der Waals surface area contributed by atoms with Crippen LogP contribution < -0.4 is 5.32 Å². The molecule has 0 spiro atoms. The van der Waals surface area contributed by atoms with E-state index in [2.05, 4.69) is 12.2 Å². The molecule has 1 saturated carbocycles. The zero-order valence-electron chi connectivity index (χ0n) is 9.09. The molecule has 1 aliphatic carbocycles. The van der Waals surface area contributed by atoms with Gasteiger partial charge in [-0.2, -0.15) is 0 Å². The van der Waals surface area contributed by atoms with Gasteiger partial charge in [0.25, 0.3) is 0 Å². The molecule has 0 aromatic rings. The second kappa shape index (κ2) is 4.30. The molecule has 0 radical (unpaired) electrons. The highest BCUT2D eigenvalue weighted by atomic mass is 35.5. The lowest BCUT2D eigenvalue weighted by molar-refractivity contribution is -0.127. The van der Waals surface area contributed by atoms with Crippen LogP contribution in [0.4, 0.5) is 0 Å². The molecule has 1 amide bonds. The molecule has 2 rings (SSSR count). The molecule has 0 aromatic heterocycles. The number of hydrogen-bond acceptors (Lipinski definition) is 2. The van der Waals surface area contributed by atoms with E-state index in [1.54, 1.807) is 0 Å². The highest BCUT2D eigenvalue weighted by Gasteiger charge is 2.45. The minimum Gasteiger partial charge on any atom is -0.377 e. The van der Waals surface area contributed by atoms with Crippen molar-refractivity contribution in [1.82, 2.24) is 5.32 Å². The summed E-state index contributed by atoms with van der Waals surface area (Å²) in [6, 6.07) is 0. The first kappa shape index (κ1) is 11.2. The fraction of sp³-hybridized carbons (Fsp3) is 0.909. The van der Waals surface area contributed by atoms with Crippen LogP contribution in [0.1, 0.15) is 32.6 Å². The van der Waals surface area contributed by atoms with E-state index in [1.807, 2.05) is 0 Å². The summed E-state index contributed by atoms with van der Waals surface area (Å²) in [6.07, 6.45) is 3.91. The van der Waals surface area contributed by atoms with Crippen molar-refractivity contribution >= 4 is 17.5 Å². The number of hydrogen-bond donors (Lipinski definition) is 1. The number of ether oxygens (including phenoxy) is 1. The van der Waals surface area contributed by atoms with Gasteiger partial charge in [-0.05, 0) is 25.7 Å². The van der Waals surface area contributed by atoms with Gasteiger partial charge >= 0.3 is 0 Å². The predicted octanol–water partition coefficient (Wildman–Crippen LogP) is 1.69. The normalized spacial score (nSPS) is 32.7. The molecule has 2 fully saturated rings. The first-order valence-electron chi connectivity index (χ1n) is 5.70. The molecule has 3 nitrogen and oxygen atoms in total. The van der Waals surface area contributed by atoms with Crippen molar-refractivity contribution in [2.75, 3.05) is 12.5 Å². The van der Waals surface area contributed by atoms with Crippen molar-refractivity contribution in [2.45, 2.75) is 44.2 Å². The monoisotopic (exact) mass is 231 g/mol. The van der Waals surface area contributed by atoms with E-state index >= 15 is 0 Å². The Balaban J connectivity index is 1.90. The Morgan fingerprint density at radius 1 is 1.60 bits per heavy atom. The summed E-state index contributed by atoms with van der Waals surface area (Å²) < 4.78 is 5.51. The maximum absolute atomic E-state index is 12.0. The molecule has 0 aromatic carbocycles. The van der Waals surface area contributed by atoms with Crippen LogP contribution in [0.2, 0.25) is 0 Å². The summed E-state index contributed by atoms with van der Waals surface area (Å²) >= 11 is 5.83. The van der Waals surface area contributed by atoms with Crippen molar-refractivity contribution in [3.05, 3.63) is 0 Å². The number of carbonyl (C=O) groups is 1. The van der Waals surface area contributed by atoms with Gasteiger partial charge in [-0.3, -0.25) is 4.79 Å². The van der Waals surface area contributed by atoms with E-state index in [-0.39, 0.29) is 23.5 Å². The van der Waals surface area contributed by atoms with Crippen molar-refractivity contribution in [1.29, 1.82) is 0 Å². The van der Waals surface area contributed by atoms with Gasteiger partial charge in [-0.25, -0.2) is 0 Å². The average Bonchev–Trinajstić information content (AvgIpc) is 2.85. The first-order chi connectivity index (χ1) is 7.21. The van der Waals surface area contributed by atoms with E-state index in [0.717, 1.165) is 25.7 Å². The van der Waals surface area contributed by atoms with Crippen LogP contribution in [0.25, 0.3) is 0 Å². The number of amides is 1. The Bertz CT molecular complexity index is 253. The Morgan fingerprint density at radius 3 is 2.87 bits per heavy atom. The van der Waals surface area contributed by atoms with Crippen molar-refractivity contribution in [3.8, 4) is 0 Å². The van der Waals surface area contributed by atoms with Crippen molar-refractivity contribution in [3.63, 3.8) is 0 Å². The molecule has 2 aliphatic rings. The van der Waals surface area contributed by atoms with Crippen LogP contribution in [0.3, 0.4) is 0 Å². The third-order valence-electron chi connectivity index (χ3n) is 3.45. The van der Waals surface area contributed by atoms with Gasteiger partial charge in [0.05, 0.1) is 17.6 Å². The van der Waals surface area contributed by atoms with Crippen molar-refractivity contribution in [2.24, 2.45) is 5.92 Å². The van der Waals surface area contributed by atoms with Crippen LogP contribution in [-0.4, -0.2) is 30.0 Å². The molecular weight excluding hydrogens is 214 g/mol. The number of carbonyl (C=O) groups excluding carboxylic acids is 1. The molecule has 15 heavy (non-hydrogen) atoms. The third kappa shape index (κ3) is 2.28. The largest absolute Gasteiger partial charge is 0.377 e. The van der Waals surface area contributed by atoms with Gasteiger partial charge in [0.2, 0.25) is 5.91 Å². The molecule has 1 aliphatic heterocycles. The zero-order chi connectivity index (χ0) is 10.9. The number of nitrogens with one attached hydrogen (secondary N) is 1. The van der Waals surface area contributed by atoms with E-state index < -0.39 is 0 Å². The molecule has 1 saturated heterocycles. The molecule has 1 N–H and O–H groups in total. The lowest BCUT2D eigenvalue weighted by Gasteiger charge is -2.20. The fourth-order valence-electron chi connectivity index (χ4n) is 2.15. The molecule has 2 unspecified atom stereocenters. The number of alkyl halides is 1. The smallest absolute Gasteiger partial charge is 0.226 e. The van der Waals surface area contributed by atoms with Crippen LogP contribution in [0.5, 0.6) is 0 Å². The molecule has 2 atom stereocenters. The van der Waals surface area contributed by atoms with Gasteiger partial charge < -0.3 is 10.1 Å².